The highest BCUT2D eigenvalue weighted by molar-refractivity contribution is 5.96. The molecule has 1 aromatic heterocycles. The zero-order valence-electron chi connectivity index (χ0n) is 19.7. The van der Waals surface area contributed by atoms with Crippen molar-refractivity contribution in [2.45, 2.75) is 45.6 Å². The Morgan fingerprint density at radius 1 is 1.09 bits per heavy atom. The second-order valence-corrected chi connectivity index (χ2v) is 9.77. The number of carbonyl (C=O) groups is 2. The van der Waals surface area contributed by atoms with Crippen molar-refractivity contribution >= 4 is 23.5 Å². The number of pyridine rings is 1. The molecule has 3 fully saturated rings. The lowest BCUT2D eigenvalue weighted by atomic mass is 10.0. The number of carbonyl (C=O) groups excluding carboxylic acids is 2. The summed E-state index contributed by atoms with van der Waals surface area (Å²) in [6.07, 6.45) is 4.27. The molecule has 2 aliphatic heterocycles. The fourth-order valence-corrected chi connectivity index (χ4v) is 4.85. The van der Waals surface area contributed by atoms with Gasteiger partial charge in [0.25, 0.3) is 5.91 Å². The van der Waals surface area contributed by atoms with Crippen molar-refractivity contribution < 1.29 is 14.3 Å². The summed E-state index contributed by atoms with van der Waals surface area (Å²) >= 11 is 0. The van der Waals surface area contributed by atoms with Crippen molar-refractivity contribution in [3.63, 3.8) is 0 Å². The lowest BCUT2D eigenvalue weighted by Crippen LogP contribution is -2.49. The average molecular weight is 449 g/mol. The first-order valence-electron chi connectivity index (χ1n) is 12.0. The van der Waals surface area contributed by atoms with Gasteiger partial charge in [-0.2, -0.15) is 0 Å². The summed E-state index contributed by atoms with van der Waals surface area (Å²) in [5, 5.41) is 0. The van der Waals surface area contributed by atoms with Gasteiger partial charge in [-0.3, -0.25) is 9.69 Å². The van der Waals surface area contributed by atoms with Crippen LogP contribution in [-0.2, 0) is 4.74 Å². The highest BCUT2D eigenvalue weighted by atomic mass is 16.6. The quantitative estimate of drug-likeness (QED) is 0.686. The summed E-state index contributed by atoms with van der Waals surface area (Å²) in [7, 11) is 0. The van der Waals surface area contributed by atoms with E-state index >= 15 is 0 Å². The van der Waals surface area contributed by atoms with Crippen LogP contribution in [0.5, 0.6) is 0 Å². The maximum absolute atomic E-state index is 13.1. The molecule has 1 aliphatic carbocycles. The molecule has 5 rings (SSSR count). The summed E-state index contributed by atoms with van der Waals surface area (Å²) in [5.74, 6) is 2.06. The van der Waals surface area contributed by atoms with Crippen LogP contribution in [0.15, 0.2) is 36.5 Å². The van der Waals surface area contributed by atoms with E-state index in [4.69, 9.17) is 9.72 Å². The van der Waals surface area contributed by atoms with Gasteiger partial charge in [0, 0.05) is 43.6 Å². The molecule has 7 heteroatoms. The van der Waals surface area contributed by atoms with Crippen molar-refractivity contribution in [2.75, 3.05) is 42.6 Å². The number of rotatable bonds is 5. The van der Waals surface area contributed by atoms with E-state index in [1.54, 1.807) is 4.90 Å². The second kappa shape index (κ2) is 8.69. The Hall–Kier alpha value is -3.09. The molecule has 0 bridgehead atoms. The van der Waals surface area contributed by atoms with Crippen molar-refractivity contribution in [3.05, 3.63) is 53.2 Å². The minimum absolute atomic E-state index is 0.0162. The largest absolute Gasteiger partial charge is 0.447 e. The topological polar surface area (TPSA) is 66.0 Å². The van der Waals surface area contributed by atoms with Gasteiger partial charge in [-0.1, -0.05) is 19.9 Å². The van der Waals surface area contributed by atoms with Crippen LogP contribution in [0.1, 0.15) is 54.1 Å². The maximum atomic E-state index is 13.1. The molecule has 2 aromatic rings. The van der Waals surface area contributed by atoms with E-state index in [0.717, 1.165) is 24.6 Å². The van der Waals surface area contributed by atoms with E-state index in [2.05, 4.69) is 31.7 Å². The van der Waals surface area contributed by atoms with Gasteiger partial charge in [0.05, 0.1) is 6.04 Å². The number of aryl methyl sites for hydroxylation is 1. The fourth-order valence-electron chi connectivity index (χ4n) is 4.85. The van der Waals surface area contributed by atoms with Crippen molar-refractivity contribution in [3.8, 4) is 0 Å². The van der Waals surface area contributed by atoms with Crippen LogP contribution >= 0.6 is 0 Å². The van der Waals surface area contributed by atoms with Gasteiger partial charge >= 0.3 is 6.09 Å². The van der Waals surface area contributed by atoms with Crippen LogP contribution in [0.2, 0.25) is 0 Å². The van der Waals surface area contributed by atoms with E-state index in [0.29, 0.717) is 31.2 Å². The Bertz CT molecular complexity index is 1040. The van der Waals surface area contributed by atoms with Crippen molar-refractivity contribution in [1.82, 2.24) is 9.88 Å². The fraction of sp³-hybridized carbons (Fsp3) is 0.500. The summed E-state index contributed by atoms with van der Waals surface area (Å²) in [5.41, 5.74) is 3.99. The van der Waals surface area contributed by atoms with E-state index < -0.39 is 0 Å². The molecule has 3 heterocycles. The van der Waals surface area contributed by atoms with Gasteiger partial charge in [0.2, 0.25) is 0 Å². The number of piperazine rings is 1. The van der Waals surface area contributed by atoms with E-state index in [1.165, 1.54) is 24.0 Å². The Labute approximate surface area is 195 Å². The third-order valence-electron chi connectivity index (χ3n) is 7.05. The Kier molecular flexibility index (Phi) is 5.72. The summed E-state index contributed by atoms with van der Waals surface area (Å²) in [4.78, 5) is 35.9. The standard InChI is InChI=1S/C26H32N4O3/c1-17(2)23-16-33-26(32)30(23)22-8-6-20(7-9-22)25(31)29-12-10-28(11-13-29)24-18(3)14-21(15-27-24)19-4-5-19/h6-9,14-15,17,19,23H,4-5,10-13,16H2,1-3H3/t23-/m0/s1. The number of benzene rings is 1. The lowest BCUT2D eigenvalue weighted by Gasteiger charge is -2.36. The molecule has 3 aliphatic rings. The molecular formula is C26H32N4O3. The minimum atomic E-state index is -0.321. The van der Waals surface area contributed by atoms with Gasteiger partial charge < -0.3 is 14.5 Å². The van der Waals surface area contributed by atoms with E-state index in [-0.39, 0.29) is 24.0 Å². The molecule has 1 saturated carbocycles. The first-order chi connectivity index (χ1) is 15.9. The highest BCUT2D eigenvalue weighted by Gasteiger charge is 2.36. The number of anilines is 2. The van der Waals surface area contributed by atoms with Crippen LogP contribution in [0.3, 0.4) is 0 Å². The van der Waals surface area contributed by atoms with Gasteiger partial charge in [-0.15, -0.1) is 0 Å². The summed E-state index contributed by atoms with van der Waals surface area (Å²) < 4.78 is 5.24. The molecule has 7 nitrogen and oxygen atoms in total. The molecular weight excluding hydrogens is 416 g/mol. The van der Waals surface area contributed by atoms with Gasteiger partial charge in [-0.05, 0) is 67.0 Å². The van der Waals surface area contributed by atoms with Crippen LogP contribution in [0.4, 0.5) is 16.3 Å². The number of hydrogen-bond donors (Lipinski definition) is 0. The zero-order valence-corrected chi connectivity index (χ0v) is 19.7. The molecule has 1 atom stereocenters. The SMILES string of the molecule is Cc1cc(C2CC2)cnc1N1CCN(C(=O)c2ccc(N3C(=O)OC[C@H]3C(C)C)cc2)CC1. The maximum Gasteiger partial charge on any atom is 0.414 e. The molecule has 2 amide bonds. The van der Waals surface area contributed by atoms with E-state index in [9.17, 15) is 9.59 Å². The van der Waals surface area contributed by atoms with Crippen LogP contribution in [-0.4, -0.2) is 60.7 Å². The minimum Gasteiger partial charge on any atom is -0.447 e. The Balaban J connectivity index is 1.22. The predicted molar refractivity (Wildman–Crippen MR) is 128 cm³/mol. The number of nitrogens with zero attached hydrogens (tertiary/aromatic N) is 4. The zero-order chi connectivity index (χ0) is 23.1. The van der Waals surface area contributed by atoms with Gasteiger partial charge in [-0.25, -0.2) is 9.78 Å². The summed E-state index contributed by atoms with van der Waals surface area (Å²) in [6, 6.07) is 9.62. The molecule has 0 radical (unpaired) electrons. The first kappa shape index (κ1) is 21.7. The lowest BCUT2D eigenvalue weighted by molar-refractivity contribution is 0.0746. The normalized spacial score (nSPS) is 21.0. The first-order valence-corrected chi connectivity index (χ1v) is 12.0. The third kappa shape index (κ3) is 4.28. The van der Waals surface area contributed by atoms with Crippen molar-refractivity contribution in [1.29, 1.82) is 0 Å². The highest BCUT2D eigenvalue weighted by Crippen LogP contribution is 2.40. The number of aromatic nitrogens is 1. The average Bonchev–Trinajstić information content (AvgIpc) is 3.60. The Morgan fingerprint density at radius 3 is 2.39 bits per heavy atom. The van der Waals surface area contributed by atoms with Crippen molar-refractivity contribution in [2.24, 2.45) is 5.92 Å². The molecule has 174 valence electrons. The number of hydrogen-bond acceptors (Lipinski definition) is 5. The summed E-state index contributed by atoms with van der Waals surface area (Å²) in [6.45, 7) is 9.57. The van der Waals surface area contributed by atoms with Crippen LogP contribution in [0, 0.1) is 12.8 Å². The van der Waals surface area contributed by atoms with Crippen LogP contribution < -0.4 is 9.80 Å². The van der Waals surface area contributed by atoms with Gasteiger partial charge in [0.15, 0.2) is 0 Å². The number of amides is 2. The Morgan fingerprint density at radius 2 is 1.79 bits per heavy atom. The molecule has 33 heavy (non-hydrogen) atoms. The number of ether oxygens (including phenoxy) is 1. The van der Waals surface area contributed by atoms with Gasteiger partial charge in [0.1, 0.15) is 12.4 Å². The molecule has 0 spiro atoms. The molecule has 2 saturated heterocycles. The third-order valence-corrected chi connectivity index (χ3v) is 7.05. The monoisotopic (exact) mass is 448 g/mol. The van der Waals surface area contributed by atoms with E-state index in [1.807, 2.05) is 35.4 Å². The molecule has 1 aromatic carbocycles. The predicted octanol–water partition coefficient (Wildman–Crippen LogP) is 4.21. The molecule has 0 unspecified atom stereocenters. The van der Waals surface area contributed by atoms with Crippen LogP contribution in [0.25, 0.3) is 0 Å². The number of cyclic esters (lactones) is 1. The smallest absolute Gasteiger partial charge is 0.414 e. The molecule has 0 N–H and O–H groups in total. The second-order valence-electron chi connectivity index (χ2n) is 9.77.